The second-order valence-corrected chi connectivity index (χ2v) is 7.44. The Morgan fingerprint density at radius 2 is 2.00 bits per heavy atom. The van der Waals surface area contributed by atoms with Crippen LogP contribution in [-0.2, 0) is 9.53 Å². The minimum absolute atomic E-state index is 0.193. The number of hydrogen-bond acceptors (Lipinski definition) is 4. The zero-order valence-electron chi connectivity index (χ0n) is 17.7. The number of aryl methyl sites for hydroxylation is 1. The van der Waals surface area contributed by atoms with Gasteiger partial charge in [0.25, 0.3) is 5.91 Å². The summed E-state index contributed by atoms with van der Waals surface area (Å²) in [5.74, 6) is 0.435. The Kier molecular flexibility index (Phi) is 5.75. The Morgan fingerprint density at radius 1 is 1.23 bits per heavy atom. The van der Waals surface area contributed by atoms with E-state index in [-0.39, 0.29) is 23.5 Å². The molecule has 0 N–H and O–H groups in total. The van der Waals surface area contributed by atoms with Crippen LogP contribution in [0.5, 0.6) is 5.75 Å². The number of morpholine rings is 1. The first-order valence-corrected chi connectivity index (χ1v) is 10.1. The Labute approximate surface area is 180 Å². The fourth-order valence-electron chi connectivity index (χ4n) is 3.65. The number of amides is 1. The zero-order valence-corrected chi connectivity index (χ0v) is 17.7. The number of imidazole rings is 1. The highest BCUT2D eigenvalue weighted by Crippen LogP contribution is 2.28. The molecule has 0 radical (unpaired) electrons. The standard InChI is InChI=1S/C24H24FN3O3/c1-16-14-27(15-26-16)21-9-4-18(12-22(21)30-3)13-23-24(29)28(10-11-31-23)17(2)19-5-7-20(25)8-6-19/h4-9,12-15,17H,10-11H2,1-3H3/t17-/m0/s1. The van der Waals surface area contributed by atoms with Crippen molar-refractivity contribution in [2.75, 3.05) is 20.3 Å². The molecule has 1 atom stereocenters. The molecule has 0 aliphatic carbocycles. The average molecular weight is 421 g/mol. The Morgan fingerprint density at radius 3 is 2.68 bits per heavy atom. The maximum atomic E-state index is 13.2. The summed E-state index contributed by atoms with van der Waals surface area (Å²) in [4.78, 5) is 19.1. The maximum Gasteiger partial charge on any atom is 0.289 e. The summed E-state index contributed by atoms with van der Waals surface area (Å²) in [7, 11) is 1.61. The van der Waals surface area contributed by atoms with Gasteiger partial charge in [0.05, 0.1) is 37.4 Å². The molecule has 2 heterocycles. The molecule has 1 amide bonds. The molecule has 1 fully saturated rings. The molecule has 6 nitrogen and oxygen atoms in total. The van der Waals surface area contributed by atoms with Gasteiger partial charge >= 0.3 is 0 Å². The van der Waals surface area contributed by atoms with E-state index in [1.807, 2.05) is 42.8 Å². The van der Waals surface area contributed by atoms with Crippen LogP contribution in [0.2, 0.25) is 0 Å². The minimum atomic E-state index is -0.298. The predicted molar refractivity (Wildman–Crippen MR) is 115 cm³/mol. The van der Waals surface area contributed by atoms with Gasteiger partial charge in [-0.3, -0.25) is 4.79 Å². The first kappa shape index (κ1) is 20.7. The maximum absolute atomic E-state index is 13.2. The van der Waals surface area contributed by atoms with Crippen LogP contribution >= 0.6 is 0 Å². The molecule has 1 aliphatic rings. The van der Waals surface area contributed by atoms with E-state index in [1.165, 1.54) is 12.1 Å². The van der Waals surface area contributed by atoms with Crippen molar-refractivity contribution in [1.82, 2.24) is 14.5 Å². The summed E-state index contributed by atoms with van der Waals surface area (Å²) in [6.45, 7) is 4.72. The highest BCUT2D eigenvalue weighted by molar-refractivity contribution is 5.96. The first-order chi connectivity index (χ1) is 15.0. The molecule has 0 unspecified atom stereocenters. The van der Waals surface area contributed by atoms with E-state index in [4.69, 9.17) is 9.47 Å². The van der Waals surface area contributed by atoms with Gasteiger partial charge in [0.15, 0.2) is 5.76 Å². The van der Waals surface area contributed by atoms with Crippen LogP contribution in [-0.4, -0.2) is 40.6 Å². The van der Waals surface area contributed by atoms with Gasteiger partial charge in [-0.15, -0.1) is 0 Å². The second kappa shape index (κ2) is 8.63. The van der Waals surface area contributed by atoms with E-state index in [0.29, 0.717) is 18.9 Å². The molecule has 0 spiro atoms. The van der Waals surface area contributed by atoms with Gasteiger partial charge in [0.2, 0.25) is 0 Å². The molecule has 3 aromatic rings. The molecule has 0 saturated carbocycles. The lowest BCUT2D eigenvalue weighted by molar-refractivity contribution is -0.137. The predicted octanol–water partition coefficient (Wildman–Crippen LogP) is 4.29. The number of rotatable bonds is 5. The van der Waals surface area contributed by atoms with Gasteiger partial charge in [-0.05, 0) is 55.3 Å². The minimum Gasteiger partial charge on any atom is -0.495 e. The highest BCUT2D eigenvalue weighted by Gasteiger charge is 2.29. The molecule has 1 saturated heterocycles. The number of aromatic nitrogens is 2. The molecular formula is C24H24FN3O3. The van der Waals surface area contributed by atoms with Crippen molar-refractivity contribution >= 4 is 12.0 Å². The fourth-order valence-corrected chi connectivity index (χ4v) is 3.65. The largest absolute Gasteiger partial charge is 0.495 e. The molecule has 1 aliphatic heterocycles. The molecule has 31 heavy (non-hydrogen) atoms. The van der Waals surface area contributed by atoms with Crippen LogP contribution in [0.4, 0.5) is 4.39 Å². The van der Waals surface area contributed by atoms with Crippen molar-refractivity contribution in [1.29, 1.82) is 0 Å². The van der Waals surface area contributed by atoms with Crippen molar-refractivity contribution in [3.05, 3.63) is 83.4 Å². The van der Waals surface area contributed by atoms with Crippen LogP contribution in [0.25, 0.3) is 11.8 Å². The van der Waals surface area contributed by atoms with Crippen molar-refractivity contribution in [2.24, 2.45) is 0 Å². The van der Waals surface area contributed by atoms with Gasteiger partial charge in [0.1, 0.15) is 18.2 Å². The fraction of sp³-hybridized carbons (Fsp3) is 0.250. The number of hydrogen-bond donors (Lipinski definition) is 0. The van der Waals surface area contributed by atoms with Crippen molar-refractivity contribution < 1.29 is 18.7 Å². The van der Waals surface area contributed by atoms with Gasteiger partial charge in [-0.2, -0.15) is 0 Å². The lowest BCUT2D eigenvalue weighted by atomic mass is 10.1. The van der Waals surface area contributed by atoms with Gasteiger partial charge in [-0.25, -0.2) is 9.37 Å². The van der Waals surface area contributed by atoms with Gasteiger partial charge in [0, 0.05) is 6.20 Å². The number of halogens is 1. The zero-order chi connectivity index (χ0) is 22.0. The number of ether oxygens (including phenoxy) is 2. The van der Waals surface area contributed by atoms with Crippen LogP contribution in [0.1, 0.15) is 29.8 Å². The van der Waals surface area contributed by atoms with Gasteiger partial charge < -0.3 is 18.9 Å². The summed E-state index contributed by atoms with van der Waals surface area (Å²) in [6.07, 6.45) is 5.36. The third-order valence-corrected chi connectivity index (χ3v) is 5.37. The van der Waals surface area contributed by atoms with E-state index in [9.17, 15) is 9.18 Å². The number of benzene rings is 2. The smallest absolute Gasteiger partial charge is 0.289 e. The number of carbonyl (C=O) groups is 1. The van der Waals surface area contributed by atoms with Crippen molar-refractivity contribution in [3.8, 4) is 11.4 Å². The molecular weight excluding hydrogens is 397 g/mol. The lowest BCUT2D eigenvalue weighted by Gasteiger charge is -2.34. The average Bonchev–Trinajstić information content (AvgIpc) is 3.21. The summed E-state index contributed by atoms with van der Waals surface area (Å²) in [5.41, 5.74) is 3.42. The monoisotopic (exact) mass is 421 g/mol. The van der Waals surface area contributed by atoms with Crippen LogP contribution < -0.4 is 4.74 Å². The summed E-state index contributed by atoms with van der Waals surface area (Å²) in [5, 5.41) is 0. The van der Waals surface area contributed by atoms with E-state index < -0.39 is 0 Å². The Hall–Kier alpha value is -3.61. The number of nitrogens with zero attached hydrogens (tertiary/aromatic N) is 3. The van der Waals surface area contributed by atoms with Crippen molar-refractivity contribution in [3.63, 3.8) is 0 Å². The quantitative estimate of drug-likeness (QED) is 0.577. The third kappa shape index (κ3) is 4.30. The van der Waals surface area contributed by atoms with E-state index in [2.05, 4.69) is 4.98 Å². The number of carbonyl (C=O) groups excluding carboxylic acids is 1. The Bertz CT molecular complexity index is 1120. The van der Waals surface area contributed by atoms with Gasteiger partial charge in [-0.1, -0.05) is 18.2 Å². The molecule has 2 aromatic carbocycles. The summed E-state index contributed by atoms with van der Waals surface area (Å²) in [6, 6.07) is 11.7. The molecule has 0 bridgehead atoms. The summed E-state index contributed by atoms with van der Waals surface area (Å²) >= 11 is 0. The third-order valence-electron chi connectivity index (χ3n) is 5.37. The normalized spacial score (nSPS) is 16.3. The first-order valence-electron chi connectivity index (χ1n) is 10.1. The van der Waals surface area contributed by atoms with Crippen LogP contribution in [0.15, 0.2) is 60.7 Å². The summed E-state index contributed by atoms with van der Waals surface area (Å²) < 4.78 is 26.4. The van der Waals surface area contributed by atoms with E-state index in [0.717, 1.165) is 22.5 Å². The van der Waals surface area contributed by atoms with E-state index in [1.54, 1.807) is 36.5 Å². The molecule has 4 rings (SSSR count). The SMILES string of the molecule is COc1cc(C=C2OCCN([C@@H](C)c3ccc(F)cc3)C2=O)ccc1-n1cnc(C)c1. The molecule has 160 valence electrons. The highest BCUT2D eigenvalue weighted by atomic mass is 19.1. The molecule has 7 heteroatoms. The second-order valence-electron chi connectivity index (χ2n) is 7.44. The topological polar surface area (TPSA) is 56.6 Å². The van der Waals surface area contributed by atoms with Crippen LogP contribution in [0, 0.1) is 12.7 Å². The number of methoxy groups -OCH3 is 1. The van der Waals surface area contributed by atoms with Crippen LogP contribution in [0.3, 0.4) is 0 Å². The van der Waals surface area contributed by atoms with E-state index >= 15 is 0 Å². The lowest BCUT2D eigenvalue weighted by Crippen LogP contribution is -2.41. The molecule has 1 aromatic heterocycles. The van der Waals surface area contributed by atoms with Crippen molar-refractivity contribution in [2.45, 2.75) is 19.9 Å². The Balaban J connectivity index is 1.59.